The molecule has 1 aromatic carbocycles. The number of pyridine rings is 1. The van der Waals surface area contributed by atoms with Crippen molar-refractivity contribution in [3.8, 4) is 5.88 Å². The van der Waals surface area contributed by atoms with Crippen LogP contribution in [0.15, 0.2) is 46.3 Å². The van der Waals surface area contributed by atoms with Gasteiger partial charge < -0.3 is 10.5 Å². The Labute approximate surface area is 116 Å². The molecule has 5 heteroatoms. The molecule has 0 fully saturated rings. The van der Waals surface area contributed by atoms with Crippen molar-refractivity contribution < 1.29 is 9.13 Å². The normalized spacial score (nSPS) is 10.7. The number of nitrogens with zero attached hydrogens (tertiary/aromatic N) is 1. The Bertz CT molecular complexity index is 575. The number of nitrogens with two attached hydrogens (primary N) is 1. The second-order valence-corrected chi connectivity index (χ2v) is 5.36. The maximum atomic E-state index is 13.1. The highest BCUT2D eigenvalue weighted by atomic mass is 32.2. The molecule has 0 aliphatic carbocycles. The van der Waals surface area contributed by atoms with Gasteiger partial charge in [0, 0.05) is 4.90 Å². The van der Waals surface area contributed by atoms with E-state index in [9.17, 15) is 4.39 Å². The third-order valence-corrected chi connectivity index (χ3v) is 3.16. The summed E-state index contributed by atoms with van der Waals surface area (Å²) in [6, 6.07) is 9.90. The SMILES string of the molecule is CC(C)Oc1nc(Sc2cccc(F)c2)ccc1N. The summed E-state index contributed by atoms with van der Waals surface area (Å²) in [7, 11) is 0. The first-order chi connectivity index (χ1) is 9.04. The number of anilines is 1. The molecule has 0 radical (unpaired) electrons. The van der Waals surface area contributed by atoms with E-state index in [2.05, 4.69) is 4.98 Å². The molecule has 2 rings (SSSR count). The molecule has 0 unspecified atom stereocenters. The predicted molar refractivity (Wildman–Crippen MR) is 74.9 cm³/mol. The smallest absolute Gasteiger partial charge is 0.238 e. The van der Waals surface area contributed by atoms with Gasteiger partial charge in [-0.3, -0.25) is 0 Å². The van der Waals surface area contributed by atoms with Crippen molar-refractivity contribution >= 4 is 17.4 Å². The third-order valence-electron chi connectivity index (χ3n) is 2.23. The lowest BCUT2D eigenvalue weighted by Crippen LogP contribution is -2.09. The largest absolute Gasteiger partial charge is 0.473 e. The zero-order valence-electron chi connectivity index (χ0n) is 10.8. The summed E-state index contributed by atoms with van der Waals surface area (Å²) in [5, 5.41) is 0.718. The predicted octanol–water partition coefficient (Wildman–Crippen LogP) is 3.74. The molecule has 3 nitrogen and oxygen atoms in total. The monoisotopic (exact) mass is 278 g/mol. The van der Waals surface area contributed by atoms with Gasteiger partial charge in [-0.15, -0.1) is 0 Å². The molecule has 0 spiro atoms. The van der Waals surface area contributed by atoms with Crippen LogP contribution in [0.3, 0.4) is 0 Å². The van der Waals surface area contributed by atoms with E-state index >= 15 is 0 Å². The molecule has 0 atom stereocenters. The summed E-state index contributed by atoms with van der Waals surface area (Å²) in [5.41, 5.74) is 6.30. The molecule has 0 saturated carbocycles. The van der Waals surface area contributed by atoms with Crippen molar-refractivity contribution in [2.45, 2.75) is 29.9 Å². The Morgan fingerprint density at radius 3 is 2.74 bits per heavy atom. The number of aromatic nitrogens is 1. The summed E-state index contributed by atoms with van der Waals surface area (Å²) >= 11 is 1.37. The minimum Gasteiger partial charge on any atom is -0.473 e. The topological polar surface area (TPSA) is 48.1 Å². The van der Waals surface area contributed by atoms with Gasteiger partial charge in [-0.25, -0.2) is 9.37 Å². The van der Waals surface area contributed by atoms with Crippen molar-refractivity contribution in [1.82, 2.24) is 4.98 Å². The van der Waals surface area contributed by atoms with Crippen molar-refractivity contribution in [3.63, 3.8) is 0 Å². The second kappa shape index (κ2) is 5.93. The molecule has 2 N–H and O–H groups in total. The van der Waals surface area contributed by atoms with Crippen molar-refractivity contribution in [3.05, 3.63) is 42.2 Å². The molecule has 19 heavy (non-hydrogen) atoms. The summed E-state index contributed by atoms with van der Waals surface area (Å²) in [5.74, 6) is 0.149. The van der Waals surface area contributed by atoms with Gasteiger partial charge in [0.2, 0.25) is 5.88 Å². The molecular weight excluding hydrogens is 263 g/mol. The van der Waals surface area contributed by atoms with E-state index in [4.69, 9.17) is 10.5 Å². The van der Waals surface area contributed by atoms with E-state index in [0.717, 1.165) is 9.92 Å². The van der Waals surface area contributed by atoms with Crippen LogP contribution < -0.4 is 10.5 Å². The van der Waals surface area contributed by atoms with Gasteiger partial charge >= 0.3 is 0 Å². The molecule has 1 heterocycles. The quantitative estimate of drug-likeness (QED) is 0.925. The zero-order valence-corrected chi connectivity index (χ0v) is 11.6. The van der Waals surface area contributed by atoms with E-state index in [1.54, 1.807) is 18.2 Å². The van der Waals surface area contributed by atoms with Gasteiger partial charge in [0.05, 0.1) is 11.8 Å². The van der Waals surface area contributed by atoms with Crippen LogP contribution in [0.4, 0.5) is 10.1 Å². The van der Waals surface area contributed by atoms with Crippen LogP contribution in [0.2, 0.25) is 0 Å². The Kier molecular flexibility index (Phi) is 4.27. The fourth-order valence-electron chi connectivity index (χ4n) is 1.46. The molecule has 0 amide bonds. The number of ether oxygens (including phenoxy) is 1. The van der Waals surface area contributed by atoms with Crippen LogP contribution in [0.25, 0.3) is 0 Å². The third kappa shape index (κ3) is 3.86. The van der Waals surface area contributed by atoms with Gasteiger partial charge in [0.25, 0.3) is 0 Å². The average molecular weight is 278 g/mol. The maximum Gasteiger partial charge on any atom is 0.238 e. The molecule has 0 bridgehead atoms. The Morgan fingerprint density at radius 2 is 2.05 bits per heavy atom. The van der Waals surface area contributed by atoms with Gasteiger partial charge in [-0.1, -0.05) is 17.8 Å². The van der Waals surface area contributed by atoms with Crippen LogP contribution in [0.1, 0.15) is 13.8 Å². The fourth-order valence-corrected chi connectivity index (χ4v) is 2.28. The lowest BCUT2D eigenvalue weighted by molar-refractivity contribution is 0.232. The molecule has 0 saturated heterocycles. The summed E-state index contributed by atoms with van der Waals surface area (Å²) in [6.07, 6.45) is 0.00391. The van der Waals surface area contributed by atoms with Crippen LogP contribution in [-0.2, 0) is 0 Å². The first-order valence-corrected chi connectivity index (χ1v) is 6.73. The molecule has 0 aliphatic rings. The molecule has 100 valence electrons. The standard InChI is InChI=1S/C14H15FN2OS/c1-9(2)18-14-12(16)6-7-13(17-14)19-11-5-3-4-10(15)8-11/h3-9H,16H2,1-2H3. The second-order valence-electron chi connectivity index (χ2n) is 4.27. The summed E-state index contributed by atoms with van der Waals surface area (Å²) < 4.78 is 18.6. The lowest BCUT2D eigenvalue weighted by atomic mass is 10.4. The number of nitrogen functional groups attached to an aromatic ring is 1. The van der Waals surface area contributed by atoms with Crippen LogP contribution in [0, 0.1) is 5.82 Å². The number of rotatable bonds is 4. The van der Waals surface area contributed by atoms with Gasteiger partial charge in [-0.05, 0) is 44.2 Å². The summed E-state index contributed by atoms with van der Waals surface area (Å²) in [4.78, 5) is 5.12. The Hall–Kier alpha value is -1.75. The first kappa shape index (κ1) is 13.7. The van der Waals surface area contributed by atoms with Gasteiger partial charge in [0.15, 0.2) is 0 Å². The fraction of sp³-hybridized carbons (Fsp3) is 0.214. The molecule has 2 aromatic rings. The van der Waals surface area contributed by atoms with E-state index in [0.29, 0.717) is 11.6 Å². The Morgan fingerprint density at radius 1 is 1.26 bits per heavy atom. The number of benzene rings is 1. The first-order valence-electron chi connectivity index (χ1n) is 5.91. The van der Waals surface area contributed by atoms with E-state index in [-0.39, 0.29) is 11.9 Å². The van der Waals surface area contributed by atoms with E-state index < -0.39 is 0 Å². The van der Waals surface area contributed by atoms with Gasteiger partial charge in [-0.2, -0.15) is 0 Å². The van der Waals surface area contributed by atoms with E-state index in [1.807, 2.05) is 19.9 Å². The average Bonchev–Trinajstić information content (AvgIpc) is 2.33. The van der Waals surface area contributed by atoms with Crippen molar-refractivity contribution in [2.24, 2.45) is 0 Å². The van der Waals surface area contributed by atoms with Gasteiger partial charge in [0.1, 0.15) is 10.8 Å². The molecular formula is C14H15FN2OS. The molecule has 1 aromatic heterocycles. The lowest BCUT2D eigenvalue weighted by Gasteiger charge is -2.11. The van der Waals surface area contributed by atoms with Crippen LogP contribution in [-0.4, -0.2) is 11.1 Å². The number of hydrogen-bond acceptors (Lipinski definition) is 4. The number of hydrogen-bond donors (Lipinski definition) is 1. The zero-order chi connectivity index (χ0) is 13.8. The highest BCUT2D eigenvalue weighted by molar-refractivity contribution is 7.99. The molecule has 0 aliphatic heterocycles. The minimum atomic E-state index is -0.265. The minimum absolute atomic E-state index is 0.00391. The highest BCUT2D eigenvalue weighted by Crippen LogP contribution is 2.30. The highest BCUT2D eigenvalue weighted by Gasteiger charge is 2.08. The van der Waals surface area contributed by atoms with E-state index in [1.165, 1.54) is 23.9 Å². The number of halogens is 1. The van der Waals surface area contributed by atoms with Crippen molar-refractivity contribution in [2.75, 3.05) is 5.73 Å². The van der Waals surface area contributed by atoms with Crippen molar-refractivity contribution in [1.29, 1.82) is 0 Å². The Balaban J connectivity index is 2.21. The summed E-state index contributed by atoms with van der Waals surface area (Å²) in [6.45, 7) is 3.82. The van der Waals surface area contributed by atoms with Crippen LogP contribution in [0.5, 0.6) is 5.88 Å². The van der Waals surface area contributed by atoms with Crippen LogP contribution >= 0.6 is 11.8 Å². The maximum absolute atomic E-state index is 13.1.